The lowest BCUT2D eigenvalue weighted by atomic mass is 10.2. The summed E-state index contributed by atoms with van der Waals surface area (Å²) in [5, 5.41) is 2.79. The summed E-state index contributed by atoms with van der Waals surface area (Å²) in [6, 6.07) is 15.2. The number of para-hydroxylation sites is 1. The Balaban J connectivity index is 1.62. The quantitative estimate of drug-likeness (QED) is 0.896. The van der Waals surface area contributed by atoms with Crippen molar-refractivity contribution < 1.29 is 9.59 Å². The van der Waals surface area contributed by atoms with E-state index in [2.05, 4.69) is 27.3 Å². The molecule has 0 unspecified atom stereocenters. The van der Waals surface area contributed by atoms with E-state index in [9.17, 15) is 9.59 Å². The zero-order valence-corrected chi connectivity index (χ0v) is 15.0. The molecule has 1 aliphatic rings. The molecule has 1 aliphatic heterocycles. The van der Waals surface area contributed by atoms with Gasteiger partial charge in [-0.25, -0.2) is 4.98 Å². The second-order valence-electron chi connectivity index (χ2n) is 6.28. The molecule has 6 nitrogen and oxygen atoms in total. The molecule has 0 spiro atoms. The van der Waals surface area contributed by atoms with Gasteiger partial charge in [0.1, 0.15) is 11.4 Å². The lowest BCUT2D eigenvalue weighted by Crippen LogP contribution is -2.49. The van der Waals surface area contributed by atoms with Gasteiger partial charge in [0.15, 0.2) is 0 Å². The van der Waals surface area contributed by atoms with Crippen LogP contribution in [-0.4, -0.2) is 54.4 Å². The molecule has 2 amide bonds. The highest BCUT2D eigenvalue weighted by atomic mass is 16.2. The second-order valence-corrected chi connectivity index (χ2v) is 6.28. The van der Waals surface area contributed by atoms with Crippen LogP contribution >= 0.6 is 0 Å². The van der Waals surface area contributed by atoms with Crippen LogP contribution in [-0.2, 0) is 0 Å². The molecular weight excluding hydrogens is 328 g/mol. The van der Waals surface area contributed by atoms with Crippen molar-refractivity contribution >= 4 is 17.5 Å². The first-order valence-corrected chi connectivity index (χ1v) is 9.03. The summed E-state index contributed by atoms with van der Waals surface area (Å²) in [5.41, 5.74) is 1.78. The van der Waals surface area contributed by atoms with Crippen LogP contribution in [0.15, 0.2) is 48.5 Å². The van der Waals surface area contributed by atoms with E-state index in [1.807, 2.05) is 25.1 Å². The van der Waals surface area contributed by atoms with E-state index in [4.69, 9.17) is 0 Å². The number of aromatic nitrogens is 1. The zero-order chi connectivity index (χ0) is 18.4. The maximum Gasteiger partial charge on any atom is 0.272 e. The number of nitrogens with zero attached hydrogens (tertiary/aromatic N) is 3. The van der Waals surface area contributed by atoms with Gasteiger partial charge in [0.05, 0.1) is 0 Å². The first kappa shape index (κ1) is 17.9. The largest absolute Gasteiger partial charge is 0.368 e. The third kappa shape index (κ3) is 4.20. The van der Waals surface area contributed by atoms with E-state index in [0.29, 0.717) is 25.3 Å². The average molecular weight is 352 g/mol. The molecule has 0 bridgehead atoms. The Bertz CT molecular complexity index is 755. The topological polar surface area (TPSA) is 65.5 Å². The minimum absolute atomic E-state index is 0.122. The molecule has 1 aromatic carbocycles. The van der Waals surface area contributed by atoms with Crippen LogP contribution in [0.1, 0.15) is 34.3 Å². The molecular formula is C20H24N4O2. The number of nitrogens with one attached hydrogen (secondary N) is 1. The Morgan fingerprint density at radius 3 is 2.35 bits per heavy atom. The fourth-order valence-corrected chi connectivity index (χ4v) is 2.98. The molecule has 136 valence electrons. The highest BCUT2D eigenvalue weighted by molar-refractivity contribution is 5.96. The molecule has 0 saturated carbocycles. The number of anilines is 1. The number of amides is 2. The zero-order valence-electron chi connectivity index (χ0n) is 15.0. The van der Waals surface area contributed by atoms with Crippen molar-refractivity contribution in [3.05, 3.63) is 59.9 Å². The van der Waals surface area contributed by atoms with Crippen LogP contribution in [0.4, 0.5) is 5.69 Å². The Morgan fingerprint density at radius 1 is 0.962 bits per heavy atom. The molecule has 1 N–H and O–H groups in total. The van der Waals surface area contributed by atoms with Gasteiger partial charge in [0.25, 0.3) is 11.8 Å². The van der Waals surface area contributed by atoms with Gasteiger partial charge in [-0.3, -0.25) is 9.59 Å². The van der Waals surface area contributed by atoms with E-state index in [0.717, 1.165) is 19.5 Å². The minimum Gasteiger partial charge on any atom is -0.368 e. The number of rotatable bonds is 5. The Hall–Kier alpha value is -2.89. The van der Waals surface area contributed by atoms with Crippen molar-refractivity contribution in [1.29, 1.82) is 0 Å². The minimum atomic E-state index is -0.240. The predicted molar refractivity (Wildman–Crippen MR) is 101 cm³/mol. The van der Waals surface area contributed by atoms with Gasteiger partial charge in [-0.15, -0.1) is 0 Å². The van der Waals surface area contributed by atoms with Gasteiger partial charge in [-0.1, -0.05) is 31.2 Å². The van der Waals surface area contributed by atoms with Crippen molar-refractivity contribution in [2.45, 2.75) is 13.3 Å². The maximum absolute atomic E-state index is 12.7. The molecule has 6 heteroatoms. The number of carbonyl (C=O) groups excluding carboxylic acids is 2. The summed E-state index contributed by atoms with van der Waals surface area (Å²) in [6.07, 6.45) is 0.857. The number of hydrogen-bond donors (Lipinski definition) is 1. The summed E-state index contributed by atoms with van der Waals surface area (Å²) in [5.74, 6) is -0.363. The Morgan fingerprint density at radius 2 is 1.65 bits per heavy atom. The Labute approximate surface area is 153 Å². The van der Waals surface area contributed by atoms with Crippen LogP contribution in [0.2, 0.25) is 0 Å². The summed E-state index contributed by atoms with van der Waals surface area (Å²) in [4.78, 5) is 33.1. The third-order valence-electron chi connectivity index (χ3n) is 4.42. The van der Waals surface area contributed by atoms with Crippen LogP contribution in [0.25, 0.3) is 0 Å². The fraction of sp³-hybridized carbons (Fsp3) is 0.350. The first-order chi connectivity index (χ1) is 12.7. The molecule has 1 aromatic heterocycles. The first-order valence-electron chi connectivity index (χ1n) is 9.03. The summed E-state index contributed by atoms with van der Waals surface area (Å²) in [6.45, 7) is 5.44. The highest BCUT2D eigenvalue weighted by Gasteiger charge is 2.23. The van der Waals surface area contributed by atoms with Gasteiger partial charge in [-0.2, -0.15) is 0 Å². The summed E-state index contributed by atoms with van der Waals surface area (Å²) in [7, 11) is 0. The molecule has 1 saturated heterocycles. The molecule has 0 aliphatic carbocycles. The Kier molecular flexibility index (Phi) is 5.84. The molecule has 2 heterocycles. The van der Waals surface area contributed by atoms with Gasteiger partial charge in [0, 0.05) is 38.4 Å². The maximum atomic E-state index is 12.7. The molecule has 0 radical (unpaired) electrons. The van der Waals surface area contributed by atoms with E-state index in [1.54, 1.807) is 23.1 Å². The number of hydrogen-bond acceptors (Lipinski definition) is 4. The normalized spacial score (nSPS) is 14.2. The lowest BCUT2D eigenvalue weighted by molar-refractivity contribution is 0.0740. The highest BCUT2D eigenvalue weighted by Crippen LogP contribution is 2.16. The van der Waals surface area contributed by atoms with E-state index >= 15 is 0 Å². The van der Waals surface area contributed by atoms with Crippen molar-refractivity contribution in [3.63, 3.8) is 0 Å². The van der Waals surface area contributed by atoms with Crippen LogP contribution in [0.3, 0.4) is 0 Å². The monoisotopic (exact) mass is 352 g/mol. The smallest absolute Gasteiger partial charge is 0.272 e. The molecule has 26 heavy (non-hydrogen) atoms. The lowest BCUT2D eigenvalue weighted by Gasteiger charge is -2.36. The van der Waals surface area contributed by atoms with E-state index in [-0.39, 0.29) is 17.5 Å². The third-order valence-corrected chi connectivity index (χ3v) is 4.42. The summed E-state index contributed by atoms with van der Waals surface area (Å²) < 4.78 is 0. The van der Waals surface area contributed by atoms with Gasteiger partial charge in [0.2, 0.25) is 0 Å². The number of pyridine rings is 1. The van der Waals surface area contributed by atoms with Crippen LogP contribution in [0, 0.1) is 0 Å². The fourth-order valence-electron chi connectivity index (χ4n) is 2.98. The van der Waals surface area contributed by atoms with Gasteiger partial charge in [-0.05, 0) is 30.7 Å². The van der Waals surface area contributed by atoms with E-state index in [1.165, 1.54) is 5.69 Å². The summed E-state index contributed by atoms with van der Waals surface area (Å²) >= 11 is 0. The van der Waals surface area contributed by atoms with Gasteiger partial charge >= 0.3 is 0 Å². The van der Waals surface area contributed by atoms with Crippen molar-refractivity contribution in [1.82, 2.24) is 15.2 Å². The average Bonchev–Trinajstić information content (AvgIpc) is 2.72. The molecule has 2 aromatic rings. The standard InChI is InChI=1S/C20H24N4O2/c1-2-11-21-19(25)17-9-6-10-18(22-17)20(26)24-14-12-23(13-15-24)16-7-4-3-5-8-16/h3-10H,2,11-15H2,1H3,(H,21,25). The predicted octanol–water partition coefficient (Wildman–Crippen LogP) is 2.18. The van der Waals surface area contributed by atoms with Crippen molar-refractivity contribution in [2.75, 3.05) is 37.6 Å². The van der Waals surface area contributed by atoms with E-state index < -0.39 is 0 Å². The number of carbonyl (C=O) groups is 2. The molecule has 1 fully saturated rings. The van der Waals surface area contributed by atoms with Crippen LogP contribution in [0.5, 0.6) is 0 Å². The van der Waals surface area contributed by atoms with Gasteiger partial charge < -0.3 is 15.1 Å². The SMILES string of the molecule is CCCNC(=O)c1cccc(C(=O)N2CCN(c3ccccc3)CC2)n1. The van der Waals surface area contributed by atoms with Crippen LogP contribution < -0.4 is 10.2 Å². The molecule has 3 rings (SSSR count). The molecule has 0 atom stereocenters. The van der Waals surface area contributed by atoms with Crippen molar-refractivity contribution in [3.8, 4) is 0 Å². The van der Waals surface area contributed by atoms with Crippen molar-refractivity contribution in [2.24, 2.45) is 0 Å². The number of piperazine rings is 1. The number of benzene rings is 1. The second kappa shape index (κ2) is 8.47.